The average Bonchev–Trinajstić information content (AvgIpc) is 2.67. The number of nitrogens with one attached hydrogen (secondary N) is 3. The van der Waals surface area contributed by atoms with E-state index in [0.29, 0.717) is 11.4 Å². The highest BCUT2D eigenvalue weighted by atomic mass is 35.6. The van der Waals surface area contributed by atoms with Crippen molar-refractivity contribution in [2.24, 2.45) is 0 Å². The van der Waals surface area contributed by atoms with Gasteiger partial charge in [-0.15, -0.1) is 0 Å². The summed E-state index contributed by atoms with van der Waals surface area (Å²) in [5, 5.41) is 17.1. The zero-order valence-corrected chi connectivity index (χ0v) is 18.0. The second kappa shape index (κ2) is 9.98. The van der Waals surface area contributed by atoms with Crippen molar-refractivity contribution in [2.75, 3.05) is 12.4 Å². The molecule has 0 aromatic heterocycles. The molecule has 0 aliphatic rings. The summed E-state index contributed by atoms with van der Waals surface area (Å²) in [6, 6.07) is 12.4. The number of anilines is 1. The number of carboxylic acid groups (broad SMARTS) is 1. The Morgan fingerprint density at radius 2 is 1.69 bits per heavy atom. The van der Waals surface area contributed by atoms with E-state index in [9.17, 15) is 9.59 Å². The van der Waals surface area contributed by atoms with Gasteiger partial charge >= 0.3 is 5.97 Å². The summed E-state index contributed by atoms with van der Waals surface area (Å²) in [4.78, 5) is 23.5. The van der Waals surface area contributed by atoms with Gasteiger partial charge in [0, 0.05) is 5.69 Å². The van der Waals surface area contributed by atoms with E-state index < -0.39 is 21.8 Å². The van der Waals surface area contributed by atoms with Crippen LogP contribution in [0.4, 0.5) is 5.69 Å². The summed E-state index contributed by atoms with van der Waals surface area (Å²) in [5.74, 6) is -1.24. The molecule has 1 atom stereocenters. The van der Waals surface area contributed by atoms with Crippen LogP contribution in [0.1, 0.15) is 20.7 Å². The molecule has 2 rings (SSSR count). The molecule has 11 heteroatoms. The fourth-order valence-corrected chi connectivity index (χ4v) is 2.80. The van der Waals surface area contributed by atoms with Gasteiger partial charge in [-0.2, -0.15) is 0 Å². The molecule has 0 heterocycles. The molecule has 0 spiro atoms. The Hall–Kier alpha value is -2.26. The molecule has 0 bridgehead atoms. The van der Waals surface area contributed by atoms with Gasteiger partial charge in [0.2, 0.25) is 3.79 Å². The Labute approximate surface area is 187 Å². The summed E-state index contributed by atoms with van der Waals surface area (Å²) in [6.07, 6.45) is -1.18. The monoisotopic (exact) mass is 475 g/mol. The van der Waals surface area contributed by atoms with Crippen molar-refractivity contribution in [1.82, 2.24) is 10.6 Å². The molecular formula is C18H16Cl3N3O4S. The molecule has 0 aliphatic carbocycles. The van der Waals surface area contributed by atoms with Gasteiger partial charge in [-0.3, -0.25) is 4.79 Å². The summed E-state index contributed by atoms with van der Waals surface area (Å²) in [6.45, 7) is 0. The Bertz CT molecular complexity index is 904. The Balaban J connectivity index is 2.09. The fraction of sp³-hybridized carbons (Fsp3) is 0.167. The van der Waals surface area contributed by atoms with E-state index in [1.54, 1.807) is 24.3 Å². The highest BCUT2D eigenvalue weighted by molar-refractivity contribution is 7.80. The number of para-hydroxylation sites is 1. The number of rotatable bonds is 6. The molecule has 1 amide bonds. The van der Waals surface area contributed by atoms with Crippen molar-refractivity contribution < 1.29 is 19.4 Å². The van der Waals surface area contributed by atoms with Crippen LogP contribution in [0.15, 0.2) is 48.5 Å². The van der Waals surface area contributed by atoms with E-state index in [1.807, 2.05) is 0 Å². The first-order valence-electron chi connectivity index (χ1n) is 8.03. The van der Waals surface area contributed by atoms with E-state index >= 15 is 0 Å². The Morgan fingerprint density at radius 1 is 1.07 bits per heavy atom. The van der Waals surface area contributed by atoms with E-state index in [0.717, 1.165) is 0 Å². The minimum atomic E-state index is -1.93. The van der Waals surface area contributed by atoms with E-state index in [-0.39, 0.29) is 16.2 Å². The summed E-state index contributed by atoms with van der Waals surface area (Å²) in [5.41, 5.74) is 0.878. The van der Waals surface area contributed by atoms with Crippen LogP contribution < -0.4 is 20.7 Å². The van der Waals surface area contributed by atoms with Gasteiger partial charge in [-0.1, -0.05) is 46.9 Å². The first kappa shape index (κ1) is 23.0. The van der Waals surface area contributed by atoms with Crippen molar-refractivity contribution in [3.63, 3.8) is 0 Å². The quantitative estimate of drug-likeness (QED) is 0.286. The van der Waals surface area contributed by atoms with E-state index in [4.69, 9.17) is 56.9 Å². The van der Waals surface area contributed by atoms with Crippen molar-refractivity contribution >= 4 is 69.7 Å². The van der Waals surface area contributed by atoms with Crippen molar-refractivity contribution in [1.29, 1.82) is 0 Å². The topological polar surface area (TPSA) is 99.7 Å². The number of carboxylic acids is 1. The van der Waals surface area contributed by atoms with Gasteiger partial charge in [0.15, 0.2) is 5.11 Å². The van der Waals surface area contributed by atoms with Crippen LogP contribution in [-0.2, 0) is 0 Å². The smallest absolute Gasteiger partial charge is 0.335 e. The largest absolute Gasteiger partial charge is 0.496 e. The van der Waals surface area contributed by atoms with Crippen LogP contribution in [0.3, 0.4) is 0 Å². The lowest BCUT2D eigenvalue weighted by Crippen LogP contribution is -2.56. The third-order valence-electron chi connectivity index (χ3n) is 3.62. The number of hydrogen-bond acceptors (Lipinski definition) is 4. The molecule has 154 valence electrons. The van der Waals surface area contributed by atoms with Crippen LogP contribution >= 0.6 is 47.0 Å². The molecule has 0 saturated carbocycles. The summed E-state index contributed by atoms with van der Waals surface area (Å²) < 4.78 is 3.23. The molecular weight excluding hydrogens is 461 g/mol. The molecule has 0 saturated heterocycles. The predicted octanol–water partition coefficient (Wildman–Crippen LogP) is 3.81. The number of carbonyl (C=O) groups is 2. The van der Waals surface area contributed by atoms with Crippen LogP contribution in [0.25, 0.3) is 0 Å². The molecule has 2 aromatic rings. The maximum Gasteiger partial charge on any atom is 0.335 e. The number of halogens is 3. The number of alkyl halides is 3. The maximum atomic E-state index is 12.6. The van der Waals surface area contributed by atoms with E-state index in [1.165, 1.54) is 31.4 Å². The van der Waals surface area contributed by atoms with Gasteiger partial charge in [0.1, 0.15) is 11.9 Å². The van der Waals surface area contributed by atoms with Gasteiger partial charge in [-0.25, -0.2) is 4.79 Å². The molecule has 7 nitrogen and oxygen atoms in total. The Morgan fingerprint density at radius 3 is 2.24 bits per heavy atom. The third-order valence-corrected chi connectivity index (χ3v) is 4.49. The van der Waals surface area contributed by atoms with Gasteiger partial charge < -0.3 is 25.8 Å². The lowest BCUT2D eigenvalue weighted by molar-refractivity contribution is 0.0696. The number of hydrogen-bond donors (Lipinski definition) is 4. The molecule has 2 aromatic carbocycles. The van der Waals surface area contributed by atoms with Crippen LogP contribution in [0.2, 0.25) is 0 Å². The van der Waals surface area contributed by atoms with Gasteiger partial charge in [0.05, 0.1) is 18.2 Å². The summed E-state index contributed by atoms with van der Waals surface area (Å²) in [7, 11) is 1.44. The van der Waals surface area contributed by atoms with Gasteiger partial charge in [-0.05, 0) is 48.6 Å². The lowest BCUT2D eigenvalue weighted by atomic mass is 10.2. The molecule has 1 unspecified atom stereocenters. The fourth-order valence-electron chi connectivity index (χ4n) is 2.24. The number of methoxy groups -OCH3 is 1. The van der Waals surface area contributed by atoms with Crippen LogP contribution in [0.5, 0.6) is 5.75 Å². The SMILES string of the molecule is COc1ccccc1C(=O)NC(NC(=S)Nc1ccc(C(=O)O)cc1)C(Cl)(Cl)Cl. The van der Waals surface area contributed by atoms with Gasteiger partial charge in [0.25, 0.3) is 5.91 Å². The predicted molar refractivity (Wildman–Crippen MR) is 117 cm³/mol. The number of benzene rings is 2. The number of thiocarbonyl (C=S) groups is 1. The van der Waals surface area contributed by atoms with Crippen molar-refractivity contribution in [2.45, 2.75) is 9.96 Å². The first-order valence-corrected chi connectivity index (χ1v) is 9.57. The minimum absolute atomic E-state index is 0.0460. The molecule has 0 aliphatic heterocycles. The molecule has 29 heavy (non-hydrogen) atoms. The highest BCUT2D eigenvalue weighted by Crippen LogP contribution is 2.30. The van der Waals surface area contributed by atoms with Crippen molar-refractivity contribution in [3.05, 3.63) is 59.7 Å². The zero-order chi connectivity index (χ0) is 21.6. The lowest BCUT2D eigenvalue weighted by Gasteiger charge is -2.28. The molecule has 0 radical (unpaired) electrons. The standard InChI is InChI=1S/C18H16Cl3N3O4S/c1-28-13-5-3-2-4-12(13)14(25)23-16(18(19,20)21)24-17(29)22-11-8-6-10(7-9-11)15(26)27/h2-9,16H,1H3,(H,23,25)(H,26,27)(H2,22,24,29). The Kier molecular flexibility index (Phi) is 7.92. The zero-order valence-electron chi connectivity index (χ0n) is 14.9. The van der Waals surface area contributed by atoms with Crippen LogP contribution in [0, 0.1) is 0 Å². The average molecular weight is 477 g/mol. The summed E-state index contributed by atoms with van der Waals surface area (Å²) >= 11 is 23.1. The minimum Gasteiger partial charge on any atom is -0.496 e. The number of ether oxygens (including phenoxy) is 1. The second-order valence-corrected chi connectivity index (χ2v) is 8.41. The molecule has 4 N–H and O–H groups in total. The van der Waals surface area contributed by atoms with Crippen LogP contribution in [-0.4, -0.2) is 39.2 Å². The maximum absolute atomic E-state index is 12.6. The highest BCUT2D eigenvalue weighted by Gasteiger charge is 2.35. The number of carbonyl (C=O) groups excluding carboxylic acids is 1. The normalized spacial score (nSPS) is 11.9. The van der Waals surface area contributed by atoms with Crippen molar-refractivity contribution in [3.8, 4) is 5.75 Å². The van der Waals surface area contributed by atoms with E-state index in [2.05, 4.69) is 16.0 Å². The second-order valence-electron chi connectivity index (χ2n) is 5.63. The number of aromatic carboxylic acids is 1. The molecule has 0 fully saturated rings. The first-order chi connectivity index (χ1) is 13.6. The number of amides is 1. The third kappa shape index (κ3) is 6.64.